The Balaban J connectivity index is 2.03. The number of nitrogens with two attached hydrogens (primary N) is 1. The van der Waals surface area contributed by atoms with Crippen LogP contribution in [-0.4, -0.2) is 15.8 Å². The molecule has 0 spiro atoms. The fourth-order valence-electron chi connectivity index (χ4n) is 1.88. The number of aromatic nitrogens is 2. The molecule has 0 bridgehead atoms. The van der Waals surface area contributed by atoms with Crippen molar-refractivity contribution >= 4 is 22.5 Å². The predicted octanol–water partition coefficient (Wildman–Crippen LogP) is 2.38. The van der Waals surface area contributed by atoms with Crippen molar-refractivity contribution in [3.63, 3.8) is 0 Å². The first-order chi connectivity index (χ1) is 8.74. The first kappa shape index (κ1) is 10.5. The number of nitrogens with zero attached hydrogens (tertiary/aromatic N) is 1. The highest BCUT2D eigenvalue weighted by molar-refractivity contribution is 6.10. The number of hydrogen-bond donors (Lipinski definition) is 2. The summed E-state index contributed by atoms with van der Waals surface area (Å²) in [6, 6.07) is 12.3. The van der Waals surface area contributed by atoms with Gasteiger partial charge in [-0.05, 0) is 42.5 Å². The van der Waals surface area contributed by atoms with Crippen LogP contribution in [0.2, 0.25) is 0 Å². The van der Waals surface area contributed by atoms with Crippen LogP contribution in [0.25, 0.3) is 11.0 Å². The molecule has 0 saturated carbocycles. The van der Waals surface area contributed by atoms with Crippen molar-refractivity contribution in [2.75, 3.05) is 5.73 Å². The summed E-state index contributed by atoms with van der Waals surface area (Å²) in [5, 5.41) is 0. The second-order valence-electron chi connectivity index (χ2n) is 4.09. The number of nitrogens with one attached hydrogen (secondary N) is 1. The Morgan fingerprint density at radius 1 is 1.06 bits per heavy atom. The van der Waals surface area contributed by atoms with Crippen molar-refractivity contribution in [1.29, 1.82) is 0 Å². The molecule has 3 N–H and O–H groups in total. The maximum atomic E-state index is 12.2. The molecule has 0 fully saturated rings. The molecule has 1 heterocycles. The lowest BCUT2D eigenvalue weighted by Crippen LogP contribution is -2.01. The quantitative estimate of drug-likeness (QED) is 0.531. The van der Waals surface area contributed by atoms with Crippen LogP contribution in [0, 0.1) is 0 Å². The molecule has 0 radical (unpaired) electrons. The monoisotopic (exact) mass is 237 g/mol. The molecule has 88 valence electrons. The number of fused-ring (bicyclic) bond motifs is 1. The minimum Gasteiger partial charge on any atom is -0.399 e. The van der Waals surface area contributed by atoms with Gasteiger partial charge in [0.25, 0.3) is 0 Å². The molecule has 0 unspecified atom stereocenters. The highest BCUT2D eigenvalue weighted by Crippen LogP contribution is 2.16. The molecule has 2 aromatic carbocycles. The number of H-pyrrole nitrogens is 1. The van der Waals surface area contributed by atoms with Gasteiger partial charge in [-0.2, -0.15) is 0 Å². The molecule has 1 aromatic heterocycles. The zero-order valence-electron chi connectivity index (χ0n) is 9.55. The van der Waals surface area contributed by atoms with Crippen LogP contribution in [0.5, 0.6) is 0 Å². The number of aromatic amines is 1. The summed E-state index contributed by atoms with van der Waals surface area (Å²) in [6.07, 6.45) is 1.61. The van der Waals surface area contributed by atoms with E-state index in [9.17, 15) is 4.79 Å². The lowest BCUT2D eigenvalue weighted by atomic mass is 10.0. The van der Waals surface area contributed by atoms with E-state index in [2.05, 4.69) is 9.97 Å². The Labute approximate surface area is 103 Å². The number of nitrogen functional groups attached to an aromatic ring is 1. The van der Waals surface area contributed by atoms with Crippen LogP contribution in [-0.2, 0) is 0 Å². The lowest BCUT2D eigenvalue weighted by molar-refractivity contribution is 0.103. The van der Waals surface area contributed by atoms with Crippen LogP contribution in [0.3, 0.4) is 0 Å². The zero-order valence-corrected chi connectivity index (χ0v) is 9.55. The predicted molar refractivity (Wildman–Crippen MR) is 70.4 cm³/mol. The smallest absolute Gasteiger partial charge is 0.193 e. The molecule has 0 atom stereocenters. The average molecular weight is 237 g/mol. The van der Waals surface area contributed by atoms with E-state index >= 15 is 0 Å². The van der Waals surface area contributed by atoms with Gasteiger partial charge in [0.1, 0.15) is 0 Å². The van der Waals surface area contributed by atoms with Gasteiger partial charge in [0.15, 0.2) is 5.78 Å². The van der Waals surface area contributed by atoms with Gasteiger partial charge in [0.2, 0.25) is 0 Å². The third kappa shape index (κ3) is 1.73. The molecule has 0 aliphatic carbocycles. The normalized spacial score (nSPS) is 10.7. The van der Waals surface area contributed by atoms with Gasteiger partial charge >= 0.3 is 0 Å². The molecule has 3 aromatic rings. The SMILES string of the molecule is Nc1ccc(C(=O)c2ccc3nc[nH]c3c2)cc1. The van der Waals surface area contributed by atoms with Crippen molar-refractivity contribution in [2.24, 2.45) is 0 Å². The molecule has 3 rings (SSSR count). The molecule has 4 heteroatoms. The molecular formula is C14H11N3O. The highest BCUT2D eigenvalue weighted by Gasteiger charge is 2.09. The summed E-state index contributed by atoms with van der Waals surface area (Å²) in [5.74, 6) is -0.0218. The first-order valence-corrected chi connectivity index (χ1v) is 5.57. The number of rotatable bonds is 2. The number of imidazole rings is 1. The van der Waals surface area contributed by atoms with Crippen molar-refractivity contribution in [3.8, 4) is 0 Å². The molecule has 18 heavy (non-hydrogen) atoms. The average Bonchev–Trinajstić information content (AvgIpc) is 2.86. The summed E-state index contributed by atoms with van der Waals surface area (Å²) >= 11 is 0. The van der Waals surface area contributed by atoms with Crippen molar-refractivity contribution < 1.29 is 4.79 Å². The topological polar surface area (TPSA) is 71.8 Å². The van der Waals surface area contributed by atoms with Crippen molar-refractivity contribution in [2.45, 2.75) is 0 Å². The van der Waals surface area contributed by atoms with E-state index in [0.29, 0.717) is 16.8 Å². The van der Waals surface area contributed by atoms with Crippen LogP contribution in [0.15, 0.2) is 48.8 Å². The second kappa shape index (κ2) is 4.00. The number of carbonyl (C=O) groups is 1. The van der Waals surface area contributed by atoms with Gasteiger partial charge < -0.3 is 10.7 Å². The zero-order chi connectivity index (χ0) is 12.5. The van der Waals surface area contributed by atoms with Crippen LogP contribution in [0.4, 0.5) is 5.69 Å². The largest absolute Gasteiger partial charge is 0.399 e. The molecule has 0 amide bonds. The standard InChI is InChI=1S/C14H11N3O/c15-11-4-1-9(2-5-11)14(18)10-3-6-12-13(7-10)17-8-16-12/h1-8H,15H2,(H,16,17). The molecular weight excluding hydrogens is 226 g/mol. The Kier molecular flexibility index (Phi) is 2.34. The van der Waals surface area contributed by atoms with E-state index in [1.807, 2.05) is 6.07 Å². The minimum absolute atomic E-state index is 0.0218. The van der Waals surface area contributed by atoms with Gasteiger partial charge in [-0.15, -0.1) is 0 Å². The Bertz CT molecular complexity index is 713. The third-order valence-corrected chi connectivity index (χ3v) is 2.86. The minimum atomic E-state index is -0.0218. The molecule has 0 aliphatic rings. The Morgan fingerprint density at radius 3 is 2.56 bits per heavy atom. The number of hydrogen-bond acceptors (Lipinski definition) is 3. The Hall–Kier alpha value is -2.62. The van der Waals surface area contributed by atoms with Crippen molar-refractivity contribution in [3.05, 3.63) is 59.9 Å². The van der Waals surface area contributed by atoms with Gasteiger partial charge in [-0.3, -0.25) is 4.79 Å². The van der Waals surface area contributed by atoms with Gasteiger partial charge in [-0.1, -0.05) is 0 Å². The number of ketones is 1. The highest BCUT2D eigenvalue weighted by atomic mass is 16.1. The van der Waals surface area contributed by atoms with E-state index < -0.39 is 0 Å². The molecule has 4 nitrogen and oxygen atoms in total. The van der Waals surface area contributed by atoms with Crippen LogP contribution >= 0.6 is 0 Å². The number of benzene rings is 2. The van der Waals surface area contributed by atoms with E-state index in [1.165, 1.54) is 0 Å². The number of carbonyl (C=O) groups excluding carboxylic acids is 1. The summed E-state index contributed by atoms with van der Waals surface area (Å²) in [5.41, 5.74) is 9.22. The maximum absolute atomic E-state index is 12.2. The van der Waals surface area contributed by atoms with Crippen LogP contribution in [0.1, 0.15) is 15.9 Å². The maximum Gasteiger partial charge on any atom is 0.193 e. The van der Waals surface area contributed by atoms with E-state index in [0.717, 1.165) is 11.0 Å². The fourth-order valence-corrected chi connectivity index (χ4v) is 1.88. The lowest BCUT2D eigenvalue weighted by Gasteiger charge is -2.02. The van der Waals surface area contributed by atoms with E-state index in [4.69, 9.17) is 5.73 Å². The summed E-state index contributed by atoms with van der Waals surface area (Å²) in [4.78, 5) is 19.4. The van der Waals surface area contributed by atoms with E-state index in [-0.39, 0.29) is 5.78 Å². The van der Waals surface area contributed by atoms with Gasteiger partial charge in [0, 0.05) is 16.8 Å². The second-order valence-corrected chi connectivity index (χ2v) is 4.09. The summed E-state index contributed by atoms with van der Waals surface area (Å²) < 4.78 is 0. The first-order valence-electron chi connectivity index (χ1n) is 5.57. The third-order valence-electron chi connectivity index (χ3n) is 2.86. The number of anilines is 1. The van der Waals surface area contributed by atoms with Gasteiger partial charge in [-0.25, -0.2) is 4.98 Å². The summed E-state index contributed by atoms with van der Waals surface area (Å²) in [6.45, 7) is 0. The Morgan fingerprint density at radius 2 is 1.78 bits per heavy atom. The van der Waals surface area contributed by atoms with Crippen LogP contribution < -0.4 is 5.73 Å². The summed E-state index contributed by atoms with van der Waals surface area (Å²) in [7, 11) is 0. The van der Waals surface area contributed by atoms with E-state index in [1.54, 1.807) is 42.7 Å². The van der Waals surface area contributed by atoms with Crippen molar-refractivity contribution in [1.82, 2.24) is 9.97 Å². The molecule has 0 aliphatic heterocycles. The fraction of sp³-hybridized carbons (Fsp3) is 0. The molecule has 0 saturated heterocycles. The van der Waals surface area contributed by atoms with Gasteiger partial charge in [0.05, 0.1) is 17.4 Å².